The van der Waals surface area contributed by atoms with Crippen LogP contribution >= 0.6 is 0 Å². The SMILES string of the molecule is CC(=O)C1=C(C)NC(=O)NC1c1cccc2c1OCO2. The van der Waals surface area contributed by atoms with Crippen molar-refractivity contribution in [1.82, 2.24) is 10.6 Å². The Hall–Kier alpha value is -2.50. The van der Waals surface area contributed by atoms with Gasteiger partial charge in [-0.15, -0.1) is 0 Å². The number of rotatable bonds is 2. The van der Waals surface area contributed by atoms with Gasteiger partial charge in [0.15, 0.2) is 17.3 Å². The number of carbonyl (C=O) groups is 2. The summed E-state index contributed by atoms with van der Waals surface area (Å²) in [7, 11) is 0. The summed E-state index contributed by atoms with van der Waals surface area (Å²) in [5.74, 6) is 1.10. The molecule has 0 spiro atoms. The Labute approximate surface area is 115 Å². The highest BCUT2D eigenvalue weighted by Crippen LogP contribution is 2.41. The molecule has 0 radical (unpaired) electrons. The van der Waals surface area contributed by atoms with Gasteiger partial charge in [-0.05, 0) is 19.9 Å². The van der Waals surface area contributed by atoms with Crippen LogP contribution in [0.1, 0.15) is 25.5 Å². The second kappa shape index (κ2) is 4.56. The number of hydrogen-bond acceptors (Lipinski definition) is 4. The van der Waals surface area contributed by atoms with Crippen molar-refractivity contribution in [3.63, 3.8) is 0 Å². The molecule has 2 heterocycles. The van der Waals surface area contributed by atoms with Gasteiger partial charge in [0.25, 0.3) is 0 Å². The van der Waals surface area contributed by atoms with E-state index in [1.54, 1.807) is 13.0 Å². The molecule has 1 unspecified atom stereocenters. The zero-order valence-corrected chi connectivity index (χ0v) is 11.1. The molecule has 2 aliphatic rings. The highest BCUT2D eigenvalue weighted by molar-refractivity contribution is 5.98. The smallest absolute Gasteiger partial charge is 0.319 e. The fourth-order valence-electron chi connectivity index (χ4n) is 2.57. The lowest BCUT2D eigenvalue weighted by molar-refractivity contribution is -0.114. The molecule has 2 aliphatic heterocycles. The Morgan fingerprint density at radius 2 is 2.15 bits per heavy atom. The van der Waals surface area contributed by atoms with Gasteiger partial charge in [-0.25, -0.2) is 4.79 Å². The van der Waals surface area contributed by atoms with Crippen LogP contribution in [0, 0.1) is 0 Å². The average molecular weight is 274 g/mol. The normalized spacial score (nSPS) is 20.5. The van der Waals surface area contributed by atoms with Crippen molar-refractivity contribution >= 4 is 11.8 Å². The summed E-state index contributed by atoms with van der Waals surface area (Å²) in [6.45, 7) is 3.33. The van der Waals surface area contributed by atoms with E-state index < -0.39 is 6.04 Å². The summed E-state index contributed by atoms with van der Waals surface area (Å²) < 4.78 is 10.8. The molecule has 1 atom stereocenters. The van der Waals surface area contributed by atoms with Crippen LogP contribution in [0.25, 0.3) is 0 Å². The number of allylic oxidation sites excluding steroid dienone is 1. The molecular weight excluding hydrogens is 260 g/mol. The Morgan fingerprint density at radius 1 is 1.35 bits per heavy atom. The van der Waals surface area contributed by atoms with Crippen molar-refractivity contribution in [1.29, 1.82) is 0 Å². The molecule has 2 amide bonds. The summed E-state index contributed by atoms with van der Waals surface area (Å²) in [5.41, 5.74) is 1.80. The molecule has 0 bridgehead atoms. The number of benzene rings is 1. The van der Waals surface area contributed by atoms with Gasteiger partial charge in [0.1, 0.15) is 0 Å². The third-order valence-corrected chi connectivity index (χ3v) is 3.39. The molecule has 0 fully saturated rings. The first-order chi connectivity index (χ1) is 9.58. The van der Waals surface area contributed by atoms with Gasteiger partial charge in [-0.3, -0.25) is 4.79 Å². The lowest BCUT2D eigenvalue weighted by Crippen LogP contribution is -2.44. The molecule has 0 saturated carbocycles. The van der Waals surface area contributed by atoms with Crippen molar-refractivity contribution in [2.75, 3.05) is 6.79 Å². The summed E-state index contributed by atoms with van der Waals surface area (Å²) in [6.07, 6.45) is 0. The number of ether oxygens (including phenoxy) is 2. The van der Waals surface area contributed by atoms with E-state index in [0.717, 1.165) is 5.56 Å². The first kappa shape index (κ1) is 12.5. The van der Waals surface area contributed by atoms with Crippen LogP contribution in [-0.2, 0) is 4.79 Å². The largest absolute Gasteiger partial charge is 0.454 e. The second-order valence-electron chi connectivity index (χ2n) is 4.71. The van der Waals surface area contributed by atoms with E-state index >= 15 is 0 Å². The van der Waals surface area contributed by atoms with Crippen LogP contribution in [0.5, 0.6) is 11.5 Å². The lowest BCUT2D eigenvalue weighted by Gasteiger charge is -2.28. The summed E-state index contributed by atoms with van der Waals surface area (Å²) >= 11 is 0. The molecule has 6 heteroatoms. The van der Waals surface area contributed by atoms with Crippen molar-refractivity contribution in [3.8, 4) is 11.5 Å². The topological polar surface area (TPSA) is 76.7 Å². The van der Waals surface area contributed by atoms with Crippen molar-refractivity contribution in [2.45, 2.75) is 19.9 Å². The van der Waals surface area contributed by atoms with Gasteiger partial charge >= 0.3 is 6.03 Å². The Bertz CT molecular complexity index is 636. The molecule has 20 heavy (non-hydrogen) atoms. The van der Waals surface area contributed by atoms with Crippen LogP contribution in [0.15, 0.2) is 29.5 Å². The van der Waals surface area contributed by atoms with Crippen molar-refractivity contribution < 1.29 is 19.1 Å². The van der Waals surface area contributed by atoms with Gasteiger partial charge in [-0.2, -0.15) is 0 Å². The first-order valence-corrected chi connectivity index (χ1v) is 6.25. The zero-order chi connectivity index (χ0) is 14.3. The fourth-order valence-corrected chi connectivity index (χ4v) is 2.57. The highest BCUT2D eigenvalue weighted by atomic mass is 16.7. The Balaban J connectivity index is 2.13. The maximum Gasteiger partial charge on any atom is 0.319 e. The molecule has 3 rings (SSSR count). The minimum atomic E-state index is -0.530. The van der Waals surface area contributed by atoms with E-state index in [0.29, 0.717) is 22.8 Å². The van der Waals surface area contributed by atoms with Gasteiger partial charge in [-0.1, -0.05) is 12.1 Å². The van der Waals surface area contributed by atoms with Crippen molar-refractivity contribution in [2.24, 2.45) is 0 Å². The number of amides is 2. The predicted molar refractivity (Wildman–Crippen MR) is 70.4 cm³/mol. The van der Waals surface area contributed by atoms with E-state index in [-0.39, 0.29) is 18.6 Å². The summed E-state index contributed by atoms with van der Waals surface area (Å²) in [6, 6.07) is 4.55. The quantitative estimate of drug-likeness (QED) is 0.859. The minimum Gasteiger partial charge on any atom is -0.454 e. The Morgan fingerprint density at radius 3 is 2.90 bits per heavy atom. The third-order valence-electron chi connectivity index (χ3n) is 3.39. The molecule has 104 valence electrons. The van der Waals surface area contributed by atoms with Gasteiger partial charge in [0, 0.05) is 16.8 Å². The number of para-hydroxylation sites is 1. The molecule has 0 saturated heterocycles. The Kier molecular flexibility index (Phi) is 2.85. The van der Waals surface area contributed by atoms with E-state index in [2.05, 4.69) is 10.6 Å². The van der Waals surface area contributed by atoms with E-state index in [1.165, 1.54) is 6.92 Å². The van der Waals surface area contributed by atoms with Crippen LogP contribution in [0.2, 0.25) is 0 Å². The summed E-state index contributed by atoms with van der Waals surface area (Å²) in [5, 5.41) is 5.37. The van der Waals surface area contributed by atoms with E-state index in [9.17, 15) is 9.59 Å². The van der Waals surface area contributed by atoms with E-state index in [1.807, 2.05) is 12.1 Å². The summed E-state index contributed by atoms with van der Waals surface area (Å²) in [4.78, 5) is 23.6. The molecule has 1 aromatic rings. The second-order valence-corrected chi connectivity index (χ2v) is 4.71. The monoisotopic (exact) mass is 274 g/mol. The number of hydrogen-bond donors (Lipinski definition) is 2. The molecule has 0 aliphatic carbocycles. The van der Waals surface area contributed by atoms with Crippen LogP contribution < -0.4 is 20.1 Å². The zero-order valence-electron chi connectivity index (χ0n) is 11.1. The molecule has 1 aromatic carbocycles. The standard InChI is InChI=1S/C14H14N2O4/c1-7-11(8(2)17)12(16-14(18)15-7)9-4-3-5-10-13(9)20-6-19-10/h3-5,12H,6H2,1-2H3,(H2,15,16,18). The maximum absolute atomic E-state index is 11.9. The number of carbonyl (C=O) groups excluding carboxylic acids is 2. The maximum atomic E-state index is 11.9. The van der Waals surface area contributed by atoms with Gasteiger partial charge in [0.05, 0.1) is 6.04 Å². The van der Waals surface area contributed by atoms with E-state index in [4.69, 9.17) is 9.47 Å². The molecular formula is C14H14N2O4. The van der Waals surface area contributed by atoms with Crippen LogP contribution in [-0.4, -0.2) is 18.6 Å². The third kappa shape index (κ3) is 1.89. The van der Waals surface area contributed by atoms with Crippen LogP contribution in [0.3, 0.4) is 0 Å². The average Bonchev–Trinajstić information content (AvgIpc) is 2.84. The molecule has 2 N–H and O–H groups in total. The number of Topliss-reactive ketones (excluding diaryl/α,β-unsaturated/α-hetero) is 1. The van der Waals surface area contributed by atoms with Gasteiger partial charge < -0.3 is 20.1 Å². The predicted octanol–water partition coefficient (Wildman–Crippen LogP) is 1.63. The number of nitrogens with one attached hydrogen (secondary N) is 2. The number of urea groups is 1. The fraction of sp³-hybridized carbons (Fsp3) is 0.286. The van der Waals surface area contributed by atoms with Gasteiger partial charge in [0.2, 0.25) is 6.79 Å². The highest BCUT2D eigenvalue weighted by Gasteiger charge is 2.33. The lowest BCUT2D eigenvalue weighted by atomic mass is 9.92. The van der Waals surface area contributed by atoms with Crippen molar-refractivity contribution in [3.05, 3.63) is 35.0 Å². The number of fused-ring (bicyclic) bond motifs is 1. The number of ketones is 1. The molecule has 0 aromatic heterocycles. The first-order valence-electron chi connectivity index (χ1n) is 6.25. The van der Waals surface area contributed by atoms with Crippen LogP contribution in [0.4, 0.5) is 4.79 Å². The molecule has 6 nitrogen and oxygen atoms in total. The minimum absolute atomic E-state index is 0.100.